The van der Waals surface area contributed by atoms with Crippen molar-refractivity contribution >= 4 is 17.1 Å². The maximum atomic E-state index is 10.4. The van der Waals surface area contributed by atoms with E-state index in [2.05, 4.69) is 9.97 Å². The van der Waals surface area contributed by atoms with E-state index in [1.54, 1.807) is 6.20 Å². The molecule has 1 heterocycles. The lowest BCUT2D eigenvalue weighted by Crippen LogP contribution is -1.97. The molecule has 23 heavy (non-hydrogen) atoms. The average molecular weight is 327 g/mol. The molecule has 0 atom stereocenters. The lowest BCUT2D eigenvalue weighted by Gasteiger charge is -1.97. The number of aromatic nitrogens is 2. The normalized spacial score (nSPS) is 9.61. The van der Waals surface area contributed by atoms with E-state index in [1.165, 1.54) is 6.33 Å². The van der Waals surface area contributed by atoms with Gasteiger partial charge in [0.15, 0.2) is 0 Å². The second-order valence-electron chi connectivity index (χ2n) is 3.84. The Morgan fingerprint density at radius 2 is 1.57 bits per heavy atom. The third-order valence-electron chi connectivity index (χ3n) is 2.38. The van der Waals surface area contributed by atoms with Crippen LogP contribution in [0, 0.1) is 30.3 Å². The number of aromatic hydroxyl groups is 1. The summed E-state index contributed by atoms with van der Waals surface area (Å²) >= 11 is 0. The number of phenolic OH excluding ortho intramolecular Hbond substituents is 1. The molecular weight excluding hydrogens is 318 g/mol. The number of nitro benzene ring substituents is 3. The number of nitrogens with one attached hydrogen (secondary N) is 1. The van der Waals surface area contributed by atoms with Gasteiger partial charge in [0.2, 0.25) is 0 Å². The smallest absolute Gasteiger partial charge is 0.324 e. The van der Waals surface area contributed by atoms with Crippen molar-refractivity contribution in [2.45, 2.75) is 6.61 Å². The molecule has 0 saturated heterocycles. The molecule has 1 aromatic carbocycles. The van der Waals surface area contributed by atoms with Crippen LogP contribution < -0.4 is 0 Å². The Bertz CT molecular complexity index is 694. The first-order valence-electron chi connectivity index (χ1n) is 5.66. The minimum Gasteiger partial charge on any atom is -0.497 e. The van der Waals surface area contributed by atoms with Gasteiger partial charge in [-0.25, -0.2) is 4.98 Å². The zero-order valence-electron chi connectivity index (χ0n) is 11.1. The Labute approximate surface area is 126 Å². The number of non-ortho nitro benzene ring substituents is 1. The van der Waals surface area contributed by atoms with Crippen LogP contribution in [-0.4, -0.2) is 35.0 Å². The van der Waals surface area contributed by atoms with Gasteiger partial charge in [0.05, 0.1) is 51.7 Å². The van der Waals surface area contributed by atoms with Crippen LogP contribution in [-0.2, 0) is 6.61 Å². The monoisotopic (exact) mass is 327 g/mol. The number of phenols is 1. The van der Waals surface area contributed by atoms with Crippen molar-refractivity contribution in [3.8, 4) is 5.75 Å². The number of nitrogens with zero attached hydrogens (tertiary/aromatic N) is 4. The Morgan fingerprint density at radius 1 is 1.04 bits per heavy atom. The third-order valence-corrected chi connectivity index (χ3v) is 2.38. The Hall–Kier alpha value is -3.61. The largest absolute Gasteiger partial charge is 0.497 e. The SMILES string of the molecule is O=[N+]([O-])c1cc([N+](=O)[O-])c(O)c([N+](=O)[O-])c1.OCc1cnc[nH]1. The molecule has 0 aliphatic rings. The second kappa shape index (κ2) is 7.41. The predicted octanol–water partition coefficient (Wildman–Crippen LogP) is 1.02. The van der Waals surface area contributed by atoms with Gasteiger partial charge in [-0.2, -0.15) is 0 Å². The van der Waals surface area contributed by atoms with Crippen molar-refractivity contribution in [1.82, 2.24) is 9.97 Å². The zero-order valence-corrected chi connectivity index (χ0v) is 11.1. The molecular formula is C10H9N5O8. The molecule has 1 aromatic heterocycles. The van der Waals surface area contributed by atoms with Crippen molar-refractivity contribution < 1.29 is 25.0 Å². The molecule has 0 unspecified atom stereocenters. The Kier molecular flexibility index (Phi) is 5.62. The molecule has 0 saturated carbocycles. The number of aliphatic hydroxyl groups is 1. The number of aliphatic hydroxyl groups excluding tert-OH is 1. The van der Waals surface area contributed by atoms with Crippen molar-refractivity contribution in [3.05, 3.63) is 60.7 Å². The minimum atomic E-state index is -1.21. The van der Waals surface area contributed by atoms with Gasteiger partial charge in [-0.05, 0) is 0 Å². The number of imidazole rings is 1. The van der Waals surface area contributed by atoms with E-state index in [1.807, 2.05) is 0 Å². The topological polar surface area (TPSA) is 199 Å². The van der Waals surface area contributed by atoms with Gasteiger partial charge in [-0.3, -0.25) is 30.3 Å². The summed E-state index contributed by atoms with van der Waals surface area (Å²) in [4.78, 5) is 34.2. The van der Waals surface area contributed by atoms with Crippen LogP contribution in [0.15, 0.2) is 24.7 Å². The molecule has 3 N–H and O–H groups in total. The molecule has 0 fully saturated rings. The van der Waals surface area contributed by atoms with E-state index in [4.69, 9.17) is 10.2 Å². The molecule has 2 rings (SSSR count). The van der Waals surface area contributed by atoms with Crippen molar-refractivity contribution in [3.63, 3.8) is 0 Å². The van der Waals surface area contributed by atoms with Gasteiger partial charge in [0.25, 0.3) is 11.4 Å². The number of nitro groups is 3. The number of hydrogen-bond donors (Lipinski definition) is 3. The highest BCUT2D eigenvalue weighted by Crippen LogP contribution is 2.38. The first kappa shape index (κ1) is 17.4. The van der Waals surface area contributed by atoms with Crippen LogP contribution in [0.1, 0.15) is 5.69 Å². The van der Waals surface area contributed by atoms with E-state index < -0.39 is 37.6 Å². The van der Waals surface area contributed by atoms with Crippen LogP contribution >= 0.6 is 0 Å². The van der Waals surface area contributed by atoms with Gasteiger partial charge >= 0.3 is 11.4 Å². The molecule has 13 nitrogen and oxygen atoms in total. The first-order valence-corrected chi connectivity index (χ1v) is 5.66. The third kappa shape index (κ3) is 4.43. The molecule has 2 aromatic rings. The van der Waals surface area contributed by atoms with E-state index in [0.29, 0.717) is 12.1 Å². The van der Waals surface area contributed by atoms with Gasteiger partial charge in [0, 0.05) is 0 Å². The highest BCUT2D eigenvalue weighted by molar-refractivity contribution is 5.64. The summed E-state index contributed by atoms with van der Waals surface area (Å²) in [6, 6.07) is 0.894. The van der Waals surface area contributed by atoms with E-state index >= 15 is 0 Å². The number of H-pyrrole nitrogens is 1. The fraction of sp³-hybridized carbons (Fsp3) is 0.100. The van der Waals surface area contributed by atoms with Crippen LogP contribution in [0.3, 0.4) is 0 Å². The highest BCUT2D eigenvalue weighted by atomic mass is 16.6. The summed E-state index contributed by atoms with van der Waals surface area (Å²) in [5, 5.41) is 48.6. The Morgan fingerprint density at radius 3 is 1.83 bits per heavy atom. The molecule has 0 spiro atoms. The van der Waals surface area contributed by atoms with E-state index in [9.17, 15) is 30.3 Å². The number of rotatable bonds is 4. The lowest BCUT2D eigenvalue weighted by molar-refractivity contribution is -0.404. The summed E-state index contributed by atoms with van der Waals surface area (Å²) in [6.07, 6.45) is 3.12. The molecule has 13 heteroatoms. The molecule has 0 radical (unpaired) electrons. The zero-order chi connectivity index (χ0) is 17.6. The number of hydrogen-bond acceptors (Lipinski definition) is 9. The van der Waals surface area contributed by atoms with Gasteiger partial charge in [0.1, 0.15) is 0 Å². The summed E-state index contributed by atoms with van der Waals surface area (Å²) < 4.78 is 0. The van der Waals surface area contributed by atoms with Crippen LogP contribution in [0.2, 0.25) is 0 Å². The fourth-order valence-electron chi connectivity index (χ4n) is 1.34. The maximum Gasteiger partial charge on any atom is 0.324 e. The van der Waals surface area contributed by atoms with Gasteiger partial charge in [-0.15, -0.1) is 0 Å². The van der Waals surface area contributed by atoms with Crippen LogP contribution in [0.5, 0.6) is 5.75 Å². The molecule has 122 valence electrons. The fourth-order valence-corrected chi connectivity index (χ4v) is 1.34. The number of benzene rings is 1. The lowest BCUT2D eigenvalue weighted by atomic mass is 10.2. The molecule has 0 aliphatic heterocycles. The quantitative estimate of drug-likeness (QED) is 0.541. The summed E-state index contributed by atoms with van der Waals surface area (Å²) in [7, 11) is 0. The van der Waals surface area contributed by atoms with E-state index in [-0.39, 0.29) is 6.61 Å². The maximum absolute atomic E-state index is 10.4. The van der Waals surface area contributed by atoms with Crippen molar-refractivity contribution in [2.75, 3.05) is 0 Å². The number of aromatic amines is 1. The summed E-state index contributed by atoms with van der Waals surface area (Å²) in [5.41, 5.74) is -2.25. The van der Waals surface area contributed by atoms with Crippen LogP contribution in [0.4, 0.5) is 17.1 Å². The van der Waals surface area contributed by atoms with Crippen molar-refractivity contribution in [2.24, 2.45) is 0 Å². The highest BCUT2D eigenvalue weighted by Gasteiger charge is 2.30. The standard InChI is InChI=1S/C6H3N3O7.C4H6N2O/c10-6-4(8(13)14)1-3(7(11)12)2-5(6)9(15)16;7-2-4-1-5-3-6-4/h1-2,10H;1,3,7H,2H2,(H,5,6). The van der Waals surface area contributed by atoms with Crippen molar-refractivity contribution in [1.29, 1.82) is 0 Å². The van der Waals surface area contributed by atoms with E-state index in [0.717, 1.165) is 5.69 Å². The molecule has 0 aliphatic carbocycles. The molecule has 0 amide bonds. The Balaban J connectivity index is 0.000000313. The minimum absolute atomic E-state index is 0.0417. The van der Waals surface area contributed by atoms with Gasteiger partial charge in [-0.1, -0.05) is 0 Å². The summed E-state index contributed by atoms with van der Waals surface area (Å²) in [6.45, 7) is 0.0417. The average Bonchev–Trinajstić information content (AvgIpc) is 3.00. The summed E-state index contributed by atoms with van der Waals surface area (Å²) in [5.74, 6) is -1.21. The molecule has 0 bridgehead atoms. The second-order valence-corrected chi connectivity index (χ2v) is 3.84. The van der Waals surface area contributed by atoms with Gasteiger partial charge < -0.3 is 15.2 Å². The van der Waals surface area contributed by atoms with Crippen LogP contribution in [0.25, 0.3) is 0 Å². The first-order chi connectivity index (χ1) is 10.8. The predicted molar refractivity (Wildman–Crippen MR) is 72.6 cm³/mol.